The first-order valence-electron chi connectivity index (χ1n) is 9.18. The SMILES string of the molecule is Cc1ccc(C)c(-n2nc(C(=O)Nc3ccccc3)nc2-c2ccc(Cl)cc2)c1. The van der Waals surface area contributed by atoms with Crippen molar-refractivity contribution in [2.24, 2.45) is 0 Å². The highest BCUT2D eigenvalue weighted by Crippen LogP contribution is 2.25. The van der Waals surface area contributed by atoms with Gasteiger partial charge in [-0.15, -0.1) is 5.10 Å². The summed E-state index contributed by atoms with van der Waals surface area (Å²) in [5.41, 5.74) is 4.51. The lowest BCUT2D eigenvalue weighted by Crippen LogP contribution is -2.14. The first-order chi connectivity index (χ1) is 14.0. The molecule has 0 fully saturated rings. The van der Waals surface area contributed by atoms with Gasteiger partial charge < -0.3 is 5.32 Å². The predicted molar refractivity (Wildman–Crippen MR) is 116 cm³/mol. The standard InChI is InChI=1S/C23H19ClN4O/c1-15-8-9-16(2)20(14-15)28-22(17-10-12-18(24)13-11-17)26-21(27-28)23(29)25-19-6-4-3-5-7-19/h3-14H,1-2H3,(H,25,29). The van der Waals surface area contributed by atoms with Gasteiger partial charge in [-0.1, -0.05) is 41.9 Å². The summed E-state index contributed by atoms with van der Waals surface area (Å²) in [6.07, 6.45) is 0. The lowest BCUT2D eigenvalue weighted by molar-refractivity contribution is 0.101. The number of para-hydroxylation sites is 1. The molecule has 6 heteroatoms. The Morgan fingerprint density at radius 3 is 2.41 bits per heavy atom. The van der Waals surface area contributed by atoms with Gasteiger partial charge in [-0.05, 0) is 67.4 Å². The van der Waals surface area contributed by atoms with Crippen molar-refractivity contribution in [1.29, 1.82) is 0 Å². The van der Waals surface area contributed by atoms with Crippen LogP contribution < -0.4 is 5.32 Å². The van der Waals surface area contributed by atoms with Crippen molar-refractivity contribution in [3.05, 3.63) is 94.8 Å². The second kappa shape index (κ2) is 7.89. The number of amides is 1. The molecule has 0 unspecified atom stereocenters. The summed E-state index contributed by atoms with van der Waals surface area (Å²) in [7, 11) is 0. The molecule has 1 amide bonds. The number of benzene rings is 3. The van der Waals surface area contributed by atoms with Gasteiger partial charge in [-0.25, -0.2) is 9.67 Å². The highest BCUT2D eigenvalue weighted by molar-refractivity contribution is 6.30. The Balaban J connectivity index is 1.81. The van der Waals surface area contributed by atoms with E-state index in [0.29, 0.717) is 16.5 Å². The minimum Gasteiger partial charge on any atom is -0.319 e. The van der Waals surface area contributed by atoms with Crippen LogP contribution in [0.5, 0.6) is 0 Å². The normalized spacial score (nSPS) is 10.7. The molecule has 0 bridgehead atoms. The van der Waals surface area contributed by atoms with Gasteiger partial charge in [0.15, 0.2) is 5.82 Å². The predicted octanol–water partition coefficient (Wildman–Crippen LogP) is 5.46. The summed E-state index contributed by atoms with van der Waals surface area (Å²) in [5, 5.41) is 8.01. The van der Waals surface area contributed by atoms with Crippen LogP contribution >= 0.6 is 11.6 Å². The van der Waals surface area contributed by atoms with Crippen molar-refractivity contribution in [3.8, 4) is 17.1 Å². The second-order valence-electron chi connectivity index (χ2n) is 6.79. The molecule has 4 aromatic rings. The van der Waals surface area contributed by atoms with E-state index in [4.69, 9.17) is 11.6 Å². The van der Waals surface area contributed by atoms with Crippen LogP contribution in [0.3, 0.4) is 0 Å². The van der Waals surface area contributed by atoms with E-state index >= 15 is 0 Å². The Morgan fingerprint density at radius 1 is 0.966 bits per heavy atom. The van der Waals surface area contributed by atoms with Crippen LogP contribution in [0.4, 0.5) is 5.69 Å². The Labute approximate surface area is 174 Å². The average Bonchev–Trinajstić information content (AvgIpc) is 3.16. The molecule has 0 radical (unpaired) electrons. The van der Waals surface area contributed by atoms with E-state index in [1.165, 1.54) is 0 Å². The van der Waals surface area contributed by atoms with Crippen LogP contribution in [0.15, 0.2) is 72.8 Å². The third-order valence-electron chi connectivity index (χ3n) is 4.54. The van der Waals surface area contributed by atoms with Crippen molar-refractivity contribution in [3.63, 3.8) is 0 Å². The fraction of sp³-hybridized carbons (Fsp3) is 0.0870. The minimum absolute atomic E-state index is 0.0970. The molecular formula is C23H19ClN4O. The fourth-order valence-corrected chi connectivity index (χ4v) is 3.14. The van der Waals surface area contributed by atoms with E-state index in [9.17, 15) is 4.79 Å². The zero-order valence-electron chi connectivity index (χ0n) is 16.1. The molecule has 144 valence electrons. The Kier molecular flexibility index (Phi) is 5.14. The van der Waals surface area contributed by atoms with Crippen LogP contribution in [0.1, 0.15) is 21.7 Å². The van der Waals surface area contributed by atoms with Gasteiger partial charge in [-0.3, -0.25) is 4.79 Å². The molecule has 0 atom stereocenters. The summed E-state index contributed by atoms with van der Waals surface area (Å²) in [4.78, 5) is 17.3. The van der Waals surface area contributed by atoms with Gasteiger partial charge >= 0.3 is 0 Å². The molecule has 5 nitrogen and oxygen atoms in total. The van der Waals surface area contributed by atoms with E-state index < -0.39 is 0 Å². The molecule has 0 saturated heterocycles. The lowest BCUT2D eigenvalue weighted by atomic mass is 10.1. The van der Waals surface area contributed by atoms with Crippen LogP contribution in [0.25, 0.3) is 17.1 Å². The Morgan fingerprint density at radius 2 is 1.69 bits per heavy atom. The summed E-state index contributed by atoms with van der Waals surface area (Å²) < 4.78 is 1.71. The molecule has 1 N–H and O–H groups in total. The van der Waals surface area contributed by atoms with E-state index in [0.717, 1.165) is 22.4 Å². The number of aryl methyl sites for hydroxylation is 2. The number of aromatic nitrogens is 3. The van der Waals surface area contributed by atoms with E-state index in [1.54, 1.807) is 16.8 Å². The summed E-state index contributed by atoms with van der Waals surface area (Å²) >= 11 is 6.04. The largest absolute Gasteiger partial charge is 0.319 e. The fourth-order valence-electron chi connectivity index (χ4n) is 3.02. The lowest BCUT2D eigenvalue weighted by Gasteiger charge is -2.10. The topological polar surface area (TPSA) is 59.8 Å². The van der Waals surface area contributed by atoms with Gasteiger partial charge in [0.05, 0.1) is 5.69 Å². The van der Waals surface area contributed by atoms with Crippen molar-refractivity contribution in [1.82, 2.24) is 14.8 Å². The summed E-state index contributed by atoms with van der Waals surface area (Å²) in [5.74, 6) is 0.309. The van der Waals surface area contributed by atoms with Crippen molar-refractivity contribution < 1.29 is 4.79 Å². The summed E-state index contributed by atoms with van der Waals surface area (Å²) in [6.45, 7) is 4.02. The molecule has 0 saturated carbocycles. The number of hydrogen-bond acceptors (Lipinski definition) is 3. The minimum atomic E-state index is -0.365. The zero-order valence-corrected chi connectivity index (χ0v) is 16.8. The molecule has 1 heterocycles. The quantitative estimate of drug-likeness (QED) is 0.493. The van der Waals surface area contributed by atoms with Gasteiger partial charge in [0.1, 0.15) is 0 Å². The molecular weight excluding hydrogens is 384 g/mol. The Bertz CT molecular complexity index is 1170. The first-order valence-corrected chi connectivity index (χ1v) is 9.56. The second-order valence-corrected chi connectivity index (χ2v) is 7.22. The molecule has 29 heavy (non-hydrogen) atoms. The molecule has 0 aliphatic rings. The highest BCUT2D eigenvalue weighted by atomic mass is 35.5. The number of anilines is 1. The molecule has 0 aliphatic heterocycles. The number of nitrogens with zero attached hydrogens (tertiary/aromatic N) is 3. The van der Waals surface area contributed by atoms with E-state index in [-0.39, 0.29) is 11.7 Å². The number of carbonyl (C=O) groups is 1. The molecule has 3 aromatic carbocycles. The van der Waals surface area contributed by atoms with Gasteiger partial charge in [0.2, 0.25) is 5.82 Å². The first kappa shape index (κ1) is 18.9. The third kappa shape index (κ3) is 4.05. The van der Waals surface area contributed by atoms with Crippen LogP contribution in [0.2, 0.25) is 5.02 Å². The van der Waals surface area contributed by atoms with Crippen molar-refractivity contribution in [2.45, 2.75) is 13.8 Å². The molecule has 4 rings (SSSR count). The molecule has 1 aromatic heterocycles. The molecule has 0 spiro atoms. The maximum atomic E-state index is 12.8. The smallest absolute Gasteiger partial charge is 0.295 e. The van der Waals surface area contributed by atoms with Crippen LogP contribution in [0, 0.1) is 13.8 Å². The zero-order chi connectivity index (χ0) is 20.4. The third-order valence-corrected chi connectivity index (χ3v) is 4.79. The maximum Gasteiger partial charge on any atom is 0.295 e. The van der Waals surface area contributed by atoms with Crippen molar-refractivity contribution >= 4 is 23.2 Å². The molecule has 0 aliphatic carbocycles. The number of halogens is 1. The number of carbonyl (C=O) groups excluding carboxylic acids is 1. The average molecular weight is 403 g/mol. The Hall–Kier alpha value is -3.44. The number of hydrogen-bond donors (Lipinski definition) is 1. The van der Waals surface area contributed by atoms with Gasteiger partial charge in [-0.2, -0.15) is 0 Å². The highest BCUT2D eigenvalue weighted by Gasteiger charge is 2.20. The van der Waals surface area contributed by atoms with Crippen LogP contribution in [-0.2, 0) is 0 Å². The van der Waals surface area contributed by atoms with Crippen LogP contribution in [-0.4, -0.2) is 20.7 Å². The summed E-state index contributed by atoms with van der Waals surface area (Å²) in [6, 6.07) is 22.7. The van der Waals surface area contributed by atoms with Gasteiger partial charge in [0.25, 0.3) is 5.91 Å². The van der Waals surface area contributed by atoms with E-state index in [1.807, 2.05) is 74.5 Å². The van der Waals surface area contributed by atoms with E-state index in [2.05, 4.69) is 15.4 Å². The number of rotatable bonds is 4. The maximum absolute atomic E-state index is 12.8. The number of nitrogens with one attached hydrogen (secondary N) is 1. The monoisotopic (exact) mass is 402 g/mol. The van der Waals surface area contributed by atoms with Gasteiger partial charge in [0, 0.05) is 16.3 Å². The van der Waals surface area contributed by atoms with Crippen molar-refractivity contribution in [2.75, 3.05) is 5.32 Å².